The Kier molecular flexibility index (Phi) is 2.68. The van der Waals surface area contributed by atoms with E-state index in [1.807, 2.05) is 31.2 Å². The molecule has 1 aromatic heterocycles. The Labute approximate surface area is 92.3 Å². The molecule has 0 radical (unpaired) electrons. The van der Waals surface area contributed by atoms with Crippen LogP contribution in [0.15, 0.2) is 30.5 Å². The Balaban J connectivity index is 2.73. The molecule has 0 spiro atoms. The molecule has 5 heteroatoms. The van der Waals surface area contributed by atoms with Crippen molar-refractivity contribution in [1.29, 1.82) is 0 Å². The minimum atomic E-state index is -0.419. The van der Waals surface area contributed by atoms with Crippen LogP contribution in [-0.2, 0) is 0 Å². The number of pyridine rings is 1. The Hall–Kier alpha value is -2.17. The second kappa shape index (κ2) is 4.14. The predicted octanol–water partition coefficient (Wildman–Crippen LogP) is 2.57. The number of anilines is 1. The standard InChI is InChI=1S/C11H11N3O2/c1-2-12-11-8-5-3-4-6-9(8)13-7-10(11)14(15)16/h3-7H,2H2,1H3,(H,12,13). The largest absolute Gasteiger partial charge is 0.379 e. The molecule has 2 aromatic rings. The molecular formula is C11H11N3O2. The Morgan fingerprint density at radius 2 is 2.19 bits per heavy atom. The second-order valence-electron chi connectivity index (χ2n) is 3.32. The summed E-state index contributed by atoms with van der Waals surface area (Å²) in [5.41, 5.74) is 1.31. The first-order valence-corrected chi connectivity index (χ1v) is 5.00. The summed E-state index contributed by atoms with van der Waals surface area (Å²) >= 11 is 0. The molecule has 1 heterocycles. The van der Waals surface area contributed by atoms with Gasteiger partial charge < -0.3 is 5.32 Å². The normalized spacial score (nSPS) is 10.3. The van der Waals surface area contributed by atoms with Crippen LogP contribution in [0.25, 0.3) is 10.9 Å². The minimum Gasteiger partial charge on any atom is -0.379 e. The molecule has 5 nitrogen and oxygen atoms in total. The molecule has 0 fully saturated rings. The monoisotopic (exact) mass is 217 g/mol. The van der Waals surface area contributed by atoms with Crippen LogP contribution in [0.4, 0.5) is 11.4 Å². The fourth-order valence-corrected chi connectivity index (χ4v) is 1.63. The number of fused-ring (bicyclic) bond motifs is 1. The zero-order chi connectivity index (χ0) is 11.5. The van der Waals surface area contributed by atoms with Gasteiger partial charge in [-0.05, 0) is 13.0 Å². The molecule has 2 rings (SSSR count). The van der Waals surface area contributed by atoms with Gasteiger partial charge in [-0.2, -0.15) is 0 Å². The van der Waals surface area contributed by atoms with E-state index in [1.165, 1.54) is 6.20 Å². The van der Waals surface area contributed by atoms with Crippen LogP contribution in [0.1, 0.15) is 6.92 Å². The van der Waals surface area contributed by atoms with Crippen molar-refractivity contribution >= 4 is 22.3 Å². The lowest BCUT2D eigenvalue weighted by atomic mass is 10.1. The van der Waals surface area contributed by atoms with Crippen LogP contribution in [0.3, 0.4) is 0 Å². The number of nitrogens with zero attached hydrogens (tertiary/aromatic N) is 2. The fourth-order valence-electron chi connectivity index (χ4n) is 1.63. The van der Waals surface area contributed by atoms with Crippen LogP contribution in [0.2, 0.25) is 0 Å². The maximum atomic E-state index is 10.9. The van der Waals surface area contributed by atoms with E-state index in [9.17, 15) is 10.1 Å². The van der Waals surface area contributed by atoms with Gasteiger partial charge in [-0.15, -0.1) is 0 Å². The molecule has 82 valence electrons. The maximum Gasteiger partial charge on any atom is 0.311 e. The first kappa shape index (κ1) is 10.4. The Bertz CT molecular complexity index is 540. The highest BCUT2D eigenvalue weighted by atomic mass is 16.6. The lowest BCUT2D eigenvalue weighted by molar-refractivity contribution is -0.384. The van der Waals surface area contributed by atoms with Crippen LogP contribution >= 0.6 is 0 Å². The van der Waals surface area contributed by atoms with E-state index in [1.54, 1.807) is 0 Å². The average Bonchev–Trinajstić information content (AvgIpc) is 2.29. The van der Waals surface area contributed by atoms with Crippen molar-refractivity contribution < 1.29 is 4.92 Å². The van der Waals surface area contributed by atoms with Crippen LogP contribution in [0.5, 0.6) is 0 Å². The zero-order valence-electron chi connectivity index (χ0n) is 8.80. The van der Waals surface area contributed by atoms with Crippen molar-refractivity contribution in [2.75, 3.05) is 11.9 Å². The summed E-state index contributed by atoms with van der Waals surface area (Å²) in [5, 5.41) is 14.7. The summed E-state index contributed by atoms with van der Waals surface area (Å²) in [6.45, 7) is 2.54. The third-order valence-electron chi connectivity index (χ3n) is 2.31. The molecule has 0 aliphatic rings. The van der Waals surface area contributed by atoms with Crippen molar-refractivity contribution in [3.63, 3.8) is 0 Å². The Morgan fingerprint density at radius 1 is 1.44 bits per heavy atom. The van der Waals surface area contributed by atoms with Gasteiger partial charge in [0.15, 0.2) is 0 Å². The van der Waals surface area contributed by atoms with E-state index in [-0.39, 0.29) is 5.69 Å². The van der Waals surface area contributed by atoms with Gasteiger partial charge in [0.25, 0.3) is 0 Å². The van der Waals surface area contributed by atoms with Gasteiger partial charge in [0.1, 0.15) is 11.9 Å². The first-order valence-electron chi connectivity index (χ1n) is 5.00. The zero-order valence-corrected chi connectivity index (χ0v) is 8.80. The number of aromatic nitrogens is 1. The number of para-hydroxylation sites is 1. The minimum absolute atomic E-state index is 0.0144. The summed E-state index contributed by atoms with van der Waals surface area (Å²) in [6.07, 6.45) is 1.29. The number of nitrogens with one attached hydrogen (secondary N) is 1. The highest BCUT2D eigenvalue weighted by Crippen LogP contribution is 2.30. The average molecular weight is 217 g/mol. The summed E-state index contributed by atoms with van der Waals surface area (Å²) in [7, 11) is 0. The molecule has 16 heavy (non-hydrogen) atoms. The number of nitro groups is 1. The van der Waals surface area contributed by atoms with Gasteiger partial charge in [0, 0.05) is 11.9 Å². The molecular weight excluding hydrogens is 206 g/mol. The second-order valence-corrected chi connectivity index (χ2v) is 3.32. The lowest BCUT2D eigenvalue weighted by Crippen LogP contribution is -2.02. The molecule has 0 aliphatic heterocycles. The van der Waals surface area contributed by atoms with E-state index in [0.717, 1.165) is 10.9 Å². The summed E-state index contributed by atoms with van der Waals surface area (Å²) < 4.78 is 0. The van der Waals surface area contributed by atoms with Crippen molar-refractivity contribution in [3.8, 4) is 0 Å². The van der Waals surface area contributed by atoms with Gasteiger partial charge >= 0.3 is 5.69 Å². The first-order chi connectivity index (χ1) is 7.74. The van der Waals surface area contributed by atoms with Crippen molar-refractivity contribution in [2.24, 2.45) is 0 Å². The molecule has 0 atom stereocenters. The molecule has 0 saturated heterocycles. The van der Waals surface area contributed by atoms with Gasteiger partial charge in [0.2, 0.25) is 0 Å². The van der Waals surface area contributed by atoms with Gasteiger partial charge in [-0.3, -0.25) is 10.1 Å². The van der Waals surface area contributed by atoms with Gasteiger partial charge in [-0.1, -0.05) is 18.2 Å². The topological polar surface area (TPSA) is 68.1 Å². The van der Waals surface area contributed by atoms with Crippen molar-refractivity contribution in [1.82, 2.24) is 4.98 Å². The molecule has 1 aromatic carbocycles. The SMILES string of the molecule is CCNc1c([N+](=O)[O-])cnc2ccccc12. The summed E-state index contributed by atoms with van der Waals surface area (Å²) in [4.78, 5) is 14.5. The summed E-state index contributed by atoms with van der Waals surface area (Å²) in [5.74, 6) is 0. The van der Waals surface area contributed by atoms with Crippen LogP contribution < -0.4 is 5.32 Å². The molecule has 0 aliphatic carbocycles. The van der Waals surface area contributed by atoms with E-state index in [0.29, 0.717) is 12.2 Å². The quantitative estimate of drug-likeness (QED) is 0.633. The van der Waals surface area contributed by atoms with Gasteiger partial charge in [-0.25, -0.2) is 4.98 Å². The van der Waals surface area contributed by atoms with E-state index < -0.39 is 4.92 Å². The molecule has 0 unspecified atom stereocenters. The summed E-state index contributed by atoms with van der Waals surface area (Å²) in [6, 6.07) is 7.36. The van der Waals surface area contributed by atoms with Crippen LogP contribution in [-0.4, -0.2) is 16.5 Å². The maximum absolute atomic E-state index is 10.9. The predicted molar refractivity (Wildman–Crippen MR) is 62.6 cm³/mol. The lowest BCUT2D eigenvalue weighted by Gasteiger charge is -2.07. The van der Waals surface area contributed by atoms with E-state index in [2.05, 4.69) is 10.3 Å². The Morgan fingerprint density at radius 3 is 2.88 bits per heavy atom. The van der Waals surface area contributed by atoms with Crippen molar-refractivity contribution in [3.05, 3.63) is 40.6 Å². The number of hydrogen-bond acceptors (Lipinski definition) is 4. The highest BCUT2D eigenvalue weighted by Gasteiger charge is 2.16. The molecule has 1 N–H and O–H groups in total. The number of hydrogen-bond donors (Lipinski definition) is 1. The van der Waals surface area contributed by atoms with Crippen LogP contribution in [0, 0.1) is 10.1 Å². The fraction of sp³-hybridized carbons (Fsp3) is 0.182. The number of benzene rings is 1. The molecule has 0 bridgehead atoms. The van der Waals surface area contributed by atoms with E-state index >= 15 is 0 Å². The van der Waals surface area contributed by atoms with Gasteiger partial charge in [0.05, 0.1) is 10.4 Å². The van der Waals surface area contributed by atoms with Crippen molar-refractivity contribution in [2.45, 2.75) is 6.92 Å². The molecule has 0 saturated carbocycles. The number of rotatable bonds is 3. The van der Waals surface area contributed by atoms with E-state index in [4.69, 9.17) is 0 Å². The highest BCUT2D eigenvalue weighted by molar-refractivity contribution is 5.95. The molecule has 0 amide bonds. The third kappa shape index (κ3) is 1.67. The third-order valence-corrected chi connectivity index (χ3v) is 2.31. The smallest absolute Gasteiger partial charge is 0.311 e.